The molecular weight excluding hydrogens is 204 g/mol. The van der Waals surface area contributed by atoms with Crippen LogP contribution in [-0.2, 0) is 0 Å². The minimum absolute atomic E-state index is 0.0617. The molecule has 84 valence electrons. The van der Waals surface area contributed by atoms with Crippen LogP contribution in [0.15, 0.2) is 39.5 Å². The van der Waals surface area contributed by atoms with Gasteiger partial charge in [-0.1, -0.05) is 25.5 Å². The van der Waals surface area contributed by atoms with E-state index in [0.29, 0.717) is 23.5 Å². The third-order valence-electron chi connectivity index (χ3n) is 2.35. The van der Waals surface area contributed by atoms with Gasteiger partial charge in [0.2, 0.25) is 0 Å². The molecule has 0 amide bonds. The van der Waals surface area contributed by atoms with Gasteiger partial charge in [0.15, 0.2) is 5.43 Å². The first kappa shape index (κ1) is 10.7. The summed E-state index contributed by atoms with van der Waals surface area (Å²) < 4.78 is 10.8. The Morgan fingerprint density at radius 1 is 1.31 bits per heavy atom. The second-order valence-electron chi connectivity index (χ2n) is 3.63. The lowest BCUT2D eigenvalue weighted by molar-refractivity contribution is 0.241. The third kappa shape index (κ3) is 2.24. The van der Waals surface area contributed by atoms with Crippen LogP contribution < -0.4 is 10.2 Å². The van der Waals surface area contributed by atoms with Crippen LogP contribution in [0.3, 0.4) is 0 Å². The van der Waals surface area contributed by atoms with Gasteiger partial charge in [0.25, 0.3) is 5.95 Å². The Morgan fingerprint density at radius 2 is 2.12 bits per heavy atom. The van der Waals surface area contributed by atoms with E-state index in [2.05, 4.69) is 6.92 Å². The average molecular weight is 218 g/mol. The summed E-state index contributed by atoms with van der Waals surface area (Å²) in [6, 6.07) is 8.57. The number of para-hydroxylation sites is 1. The molecule has 0 aliphatic rings. The Morgan fingerprint density at radius 3 is 2.94 bits per heavy atom. The van der Waals surface area contributed by atoms with E-state index in [4.69, 9.17) is 9.15 Å². The van der Waals surface area contributed by atoms with Gasteiger partial charge in [-0.05, 0) is 18.6 Å². The molecule has 0 radical (unpaired) electrons. The largest absolute Gasteiger partial charge is 0.465 e. The Hall–Kier alpha value is -1.77. The van der Waals surface area contributed by atoms with Crippen LogP contribution in [0.4, 0.5) is 0 Å². The predicted octanol–water partition coefficient (Wildman–Crippen LogP) is 2.97. The molecule has 0 spiro atoms. The Kier molecular flexibility index (Phi) is 3.25. The molecule has 1 aromatic carbocycles. The maximum Gasteiger partial charge on any atom is 0.288 e. The molecular formula is C13H14O3. The Balaban J connectivity index is 2.31. The minimum atomic E-state index is -0.0617. The average Bonchev–Trinajstić information content (AvgIpc) is 2.30. The zero-order valence-corrected chi connectivity index (χ0v) is 9.23. The summed E-state index contributed by atoms with van der Waals surface area (Å²) in [5, 5.41) is 0.588. The molecule has 1 aromatic heterocycles. The Labute approximate surface area is 93.7 Å². The quantitative estimate of drug-likeness (QED) is 0.740. The standard InChI is InChI=1S/C13H14O3/c1-2-3-8-15-13-9-11(14)10-6-4-5-7-12(10)16-13/h4-7,9H,2-3,8H2,1H3. The van der Waals surface area contributed by atoms with Gasteiger partial charge in [0.1, 0.15) is 5.58 Å². The van der Waals surface area contributed by atoms with Gasteiger partial charge in [-0.3, -0.25) is 4.79 Å². The number of benzene rings is 1. The lowest BCUT2D eigenvalue weighted by Gasteiger charge is -2.04. The number of unbranched alkanes of at least 4 members (excludes halogenated alkanes) is 1. The van der Waals surface area contributed by atoms with Crippen molar-refractivity contribution in [3.63, 3.8) is 0 Å². The first-order valence-corrected chi connectivity index (χ1v) is 5.47. The second-order valence-corrected chi connectivity index (χ2v) is 3.63. The SMILES string of the molecule is CCCCOc1cc(=O)c2ccccc2o1. The molecule has 0 bridgehead atoms. The molecule has 2 aromatic rings. The summed E-state index contributed by atoms with van der Waals surface area (Å²) in [4.78, 5) is 11.7. The molecule has 0 fully saturated rings. The molecule has 16 heavy (non-hydrogen) atoms. The van der Waals surface area contributed by atoms with Crippen LogP contribution in [0, 0.1) is 0 Å². The number of hydrogen-bond acceptors (Lipinski definition) is 3. The molecule has 0 aliphatic heterocycles. The summed E-state index contributed by atoms with van der Waals surface area (Å²) in [5.74, 6) is 0.303. The van der Waals surface area contributed by atoms with E-state index in [1.807, 2.05) is 12.1 Å². The fraction of sp³-hybridized carbons (Fsp3) is 0.308. The van der Waals surface area contributed by atoms with Crippen molar-refractivity contribution in [1.29, 1.82) is 0 Å². The van der Waals surface area contributed by atoms with Crippen molar-refractivity contribution in [1.82, 2.24) is 0 Å². The van der Waals surface area contributed by atoms with E-state index >= 15 is 0 Å². The van der Waals surface area contributed by atoms with Gasteiger partial charge in [-0.25, -0.2) is 0 Å². The van der Waals surface area contributed by atoms with E-state index in [9.17, 15) is 4.79 Å². The third-order valence-corrected chi connectivity index (χ3v) is 2.35. The van der Waals surface area contributed by atoms with E-state index in [-0.39, 0.29) is 5.43 Å². The van der Waals surface area contributed by atoms with E-state index in [1.54, 1.807) is 12.1 Å². The van der Waals surface area contributed by atoms with Crippen molar-refractivity contribution < 1.29 is 9.15 Å². The van der Waals surface area contributed by atoms with Crippen LogP contribution in [0.25, 0.3) is 11.0 Å². The number of rotatable bonds is 4. The van der Waals surface area contributed by atoms with Crippen LogP contribution in [0.1, 0.15) is 19.8 Å². The summed E-state index contributed by atoms with van der Waals surface area (Å²) in [5.41, 5.74) is 0.509. The van der Waals surface area contributed by atoms with Crippen molar-refractivity contribution in [2.75, 3.05) is 6.61 Å². The van der Waals surface area contributed by atoms with Gasteiger partial charge >= 0.3 is 0 Å². The first-order chi connectivity index (χ1) is 7.81. The second kappa shape index (κ2) is 4.84. The number of hydrogen-bond donors (Lipinski definition) is 0. The molecule has 0 saturated carbocycles. The highest BCUT2D eigenvalue weighted by atomic mass is 16.6. The highest BCUT2D eigenvalue weighted by Gasteiger charge is 2.04. The monoisotopic (exact) mass is 218 g/mol. The van der Waals surface area contributed by atoms with Gasteiger partial charge in [-0.15, -0.1) is 0 Å². The number of fused-ring (bicyclic) bond motifs is 1. The van der Waals surface area contributed by atoms with Crippen LogP contribution in [0.5, 0.6) is 5.95 Å². The summed E-state index contributed by atoms with van der Waals surface area (Å²) in [6.45, 7) is 2.66. The van der Waals surface area contributed by atoms with Crippen LogP contribution in [-0.4, -0.2) is 6.61 Å². The van der Waals surface area contributed by atoms with Gasteiger partial charge in [0.05, 0.1) is 18.1 Å². The van der Waals surface area contributed by atoms with Gasteiger partial charge in [-0.2, -0.15) is 0 Å². The van der Waals surface area contributed by atoms with Gasteiger partial charge in [0, 0.05) is 0 Å². The highest BCUT2D eigenvalue weighted by molar-refractivity contribution is 5.76. The molecule has 0 atom stereocenters. The van der Waals surface area contributed by atoms with Crippen molar-refractivity contribution in [3.05, 3.63) is 40.6 Å². The molecule has 3 nitrogen and oxygen atoms in total. The highest BCUT2D eigenvalue weighted by Crippen LogP contribution is 2.16. The topological polar surface area (TPSA) is 39.4 Å². The van der Waals surface area contributed by atoms with E-state index in [0.717, 1.165) is 12.8 Å². The lowest BCUT2D eigenvalue weighted by Crippen LogP contribution is -2.03. The van der Waals surface area contributed by atoms with Gasteiger partial charge < -0.3 is 9.15 Å². The van der Waals surface area contributed by atoms with Crippen molar-refractivity contribution in [2.24, 2.45) is 0 Å². The van der Waals surface area contributed by atoms with Crippen LogP contribution >= 0.6 is 0 Å². The molecule has 0 saturated heterocycles. The maximum absolute atomic E-state index is 11.7. The Bertz CT molecular complexity index is 528. The molecule has 0 aliphatic carbocycles. The zero-order chi connectivity index (χ0) is 11.4. The van der Waals surface area contributed by atoms with E-state index < -0.39 is 0 Å². The molecule has 0 unspecified atom stereocenters. The van der Waals surface area contributed by atoms with Crippen molar-refractivity contribution in [3.8, 4) is 5.95 Å². The summed E-state index contributed by atoms with van der Waals surface area (Å²) >= 11 is 0. The molecule has 0 N–H and O–H groups in total. The maximum atomic E-state index is 11.7. The zero-order valence-electron chi connectivity index (χ0n) is 9.23. The summed E-state index contributed by atoms with van der Waals surface area (Å²) in [6.07, 6.45) is 2.01. The normalized spacial score (nSPS) is 10.6. The van der Waals surface area contributed by atoms with Crippen LogP contribution in [0.2, 0.25) is 0 Å². The lowest BCUT2D eigenvalue weighted by atomic mass is 10.2. The fourth-order valence-corrected chi connectivity index (χ4v) is 1.47. The van der Waals surface area contributed by atoms with Crippen molar-refractivity contribution >= 4 is 11.0 Å². The molecule has 2 rings (SSSR count). The first-order valence-electron chi connectivity index (χ1n) is 5.47. The van der Waals surface area contributed by atoms with Crippen molar-refractivity contribution in [2.45, 2.75) is 19.8 Å². The van der Waals surface area contributed by atoms with E-state index in [1.165, 1.54) is 6.07 Å². The molecule has 1 heterocycles. The fourth-order valence-electron chi connectivity index (χ4n) is 1.47. The predicted molar refractivity (Wildman–Crippen MR) is 62.9 cm³/mol. The number of ether oxygens (including phenoxy) is 1. The smallest absolute Gasteiger partial charge is 0.288 e. The minimum Gasteiger partial charge on any atom is -0.465 e. The molecule has 3 heteroatoms. The summed E-state index contributed by atoms with van der Waals surface area (Å²) in [7, 11) is 0.